The predicted molar refractivity (Wildman–Crippen MR) is 153 cm³/mol. The van der Waals surface area contributed by atoms with Crippen LogP contribution in [0.1, 0.15) is 33.3 Å². The molecular weight excluding hydrogens is 478 g/mol. The van der Waals surface area contributed by atoms with Gasteiger partial charge in [0.2, 0.25) is 0 Å². The molecule has 0 unspecified atom stereocenters. The van der Waals surface area contributed by atoms with Crippen molar-refractivity contribution in [2.45, 2.75) is 33.3 Å². The van der Waals surface area contributed by atoms with Gasteiger partial charge >= 0.3 is 6.09 Å². The molecule has 8 heteroatoms. The first-order valence-corrected chi connectivity index (χ1v) is 12.1. The quantitative estimate of drug-likeness (QED) is 0.184. The first-order valence-electron chi connectivity index (χ1n) is 12.1. The number of nitrogens with zero attached hydrogens (tertiary/aromatic N) is 3. The third-order valence-electron chi connectivity index (χ3n) is 5.25. The van der Waals surface area contributed by atoms with E-state index in [1.165, 1.54) is 4.90 Å². The number of nitrogen functional groups attached to an aromatic ring is 1. The minimum absolute atomic E-state index is 0.307. The zero-order chi connectivity index (χ0) is 27.7. The number of anilines is 3. The predicted octanol–water partition coefficient (Wildman–Crippen LogP) is 6.86. The van der Waals surface area contributed by atoms with Crippen LogP contribution in [0, 0.1) is 5.41 Å². The van der Waals surface area contributed by atoms with E-state index in [1.807, 2.05) is 49.4 Å². The summed E-state index contributed by atoms with van der Waals surface area (Å²) >= 11 is 0. The van der Waals surface area contributed by atoms with Crippen molar-refractivity contribution in [1.29, 1.82) is 5.41 Å². The van der Waals surface area contributed by atoms with E-state index in [1.54, 1.807) is 57.3 Å². The molecule has 0 bridgehead atoms. The number of nitrogens with one attached hydrogen (secondary N) is 1. The zero-order valence-electron chi connectivity index (χ0n) is 22.1. The molecule has 0 saturated carbocycles. The minimum Gasteiger partial charge on any atom is -0.489 e. The van der Waals surface area contributed by atoms with Crippen LogP contribution in [-0.2, 0) is 4.74 Å². The van der Waals surface area contributed by atoms with Crippen LogP contribution in [0.2, 0.25) is 0 Å². The number of amides is 1. The lowest BCUT2D eigenvalue weighted by atomic mass is 10.1. The SMILES string of the molecule is C=C/C=C\C(=C/C)COc1cccc(-c2nccc(N(C(=O)OC(C)(C)C)c3ccc(N)c(C=N)c3)n2)c1. The number of rotatable bonds is 9. The van der Waals surface area contributed by atoms with Crippen LogP contribution in [0.25, 0.3) is 11.4 Å². The fourth-order valence-electron chi connectivity index (χ4n) is 3.39. The molecule has 2 aromatic carbocycles. The summed E-state index contributed by atoms with van der Waals surface area (Å²) in [5, 5.41) is 7.66. The summed E-state index contributed by atoms with van der Waals surface area (Å²) in [6, 6.07) is 14.0. The molecule has 8 nitrogen and oxygen atoms in total. The van der Waals surface area contributed by atoms with Crippen molar-refractivity contribution in [2.75, 3.05) is 17.2 Å². The smallest absolute Gasteiger partial charge is 0.420 e. The van der Waals surface area contributed by atoms with E-state index in [2.05, 4.69) is 16.5 Å². The summed E-state index contributed by atoms with van der Waals surface area (Å²) in [6.07, 6.45) is 9.58. The maximum atomic E-state index is 13.3. The van der Waals surface area contributed by atoms with Crippen LogP contribution in [0.5, 0.6) is 5.75 Å². The molecule has 0 aliphatic rings. The molecule has 0 saturated heterocycles. The summed E-state index contributed by atoms with van der Waals surface area (Å²) in [5.41, 5.74) is 8.32. The maximum Gasteiger partial charge on any atom is 0.420 e. The van der Waals surface area contributed by atoms with Crippen LogP contribution in [0.3, 0.4) is 0 Å². The van der Waals surface area contributed by atoms with E-state index < -0.39 is 11.7 Å². The van der Waals surface area contributed by atoms with E-state index in [0.717, 1.165) is 17.4 Å². The van der Waals surface area contributed by atoms with E-state index in [4.69, 9.17) is 20.6 Å². The second-order valence-electron chi connectivity index (χ2n) is 9.29. The van der Waals surface area contributed by atoms with E-state index in [0.29, 0.717) is 40.9 Å². The van der Waals surface area contributed by atoms with Gasteiger partial charge in [-0.15, -0.1) is 0 Å². The van der Waals surface area contributed by atoms with E-state index in [-0.39, 0.29) is 0 Å². The van der Waals surface area contributed by atoms with Crippen LogP contribution < -0.4 is 15.4 Å². The molecule has 38 heavy (non-hydrogen) atoms. The lowest BCUT2D eigenvalue weighted by Gasteiger charge is -2.27. The number of carbonyl (C=O) groups excluding carboxylic acids is 1. The van der Waals surface area contributed by atoms with Crippen LogP contribution in [-0.4, -0.2) is 34.5 Å². The summed E-state index contributed by atoms with van der Waals surface area (Å²) in [6.45, 7) is 11.4. The Morgan fingerprint density at radius 1 is 1.18 bits per heavy atom. The van der Waals surface area contributed by atoms with Gasteiger partial charge in [0.25, 0.3) is 0 Å². The highest BCUT2D eigenvalue weighted by Gasteiger charge is 2.27. The Hall–Kier alpha value is -4.72. The minimum atomic E-state index is -0.734. The van der Waals surface area contributed by atoms with Gasteiger partial charge in [0.15, 0.2) is 5.82 Å². The normalized spacial score (nSPS) is 11.7. The monoisotopic (exact) mass is 511 g/mol. The number of hydrogen-bond donors (Lipinski definition) is 2. The fourth-order valence-corrected chi connectivity index (χ4v) is 3.39. The van der Waals surface area contributed by atoms with Gasteiger partial charge in [-0.1, -0.05) is 43.0 Å². The fraction of sp³-hybridized carbons (Fsp3) is 0.200. The Morgan fingerprint density at radius 2 is 1.97 bits per heavy atom. The van der Waals surface area contributed by atoms with Crippen molar-refractivity contribution < 1.29 is 14.3 Å². The number of allylic oxidation sites excluding steroid dienone is 3. The molecule has 0 aliphatic heterocycles. The first kappa shape index (κ1) is 27.9. The van der Waals surface area contributed by atoms with Crippen molar-refractivity contribution in [2.24, 2.45) is 0 Å². The summed E-state index contributed by atoms with van der Waals surface area (Å²) in [7, 11) is 0. The largest absolute Gasteiger partial charge is 0.489 e. The summed E-state index contributed by atoms with van der Waals surface area (Å²) in [5.74, 6) is 1.37. The number of ether oxygens (including phenoxy) is 2. The van der Waals surface area contributed by atoms with Crippen molar-refractivity contribution in [1.82, 2.24) is 9.97 Å². The molecule has 196 valence electrons. The van der Waals surface area contributed by atoms with Gasteiger partial charge < -0.3 is 20.6 Å². The molecular formula is C30H33N5O3. The van der Waals surface area contributed by atoms with Gasteiger partial charge in [-0.25, -0.2) is 19.7 Å². The number of carbonyl (C=O) groups is 1. The standard InChI is InChI=1S/C30H33N5O3/c1-6-8-10-21(7-2)20-37-25-12-9-11-22(18-25)28-33-16-15-27(34-28)35(29(36)38-30(3,4)5)24-13-14-26(32)23(17-24)19-31/h6-19,31H,1,20,32H2,2-5H3/b10-8-,21-7+,31-19?. The highest BCUT2D eigenvalue weighted by atomic mass is 16.6. The average Bonchev–Trinajstić information content (AvgIpc) is 2.89. The highest BCUT2D eigenvalue weighted by molar-refractivity contribution is 5.97. The van der Waals surface area contributed by atoms with Crippen molar-refractivity contribution in [3.63, 3.8) is 0 Å². The number of aromatic nitrogens is 2. The van der Waals surface area contributed by atoms with Gasteiger partial charge in [-0.3, -0.25) is 0 Å². The Bertz CT molecular complexity index is 1370. The zero-order valence-corrected chi connectivity index (χ0v) is 22.1. The van der Waals surface area contributed by atoms with Gasteiger partial charge in [0.1, 0.15) is 23.8 Å². The molecule has 3 aromatic rings. The molecule has 1 heterocycles. The first-order chi connectivity index (χ1) is 18.1. The summed E-state index contributed by atoms with van der Waals surface area (Å²) in [4.78, 5) is 23.8. The molecule has 3 N–H and O–H groups in total. The van der Waals surface area contributed by atoms with Gasteiger partial charge in [0.05, 0.1) is 5.69 Å². The van der Waals surface area contributed by atoms with Crippen molar-refractivity contribution in [3.05, 3.63) is 96.7 Å². The molecule has 3 rings (SSSR count). The topological polar surface area (TPSA) is 114 Å². The molecule has 1 aromatic heterocycles. The number of nitrogens with two attached hydrogens (primary N) is 1. The Labute approximate surface area is 223 Å². The van der Waals surface area contributed by atoms with E-state index >= 15 is 0 Å². The van der Waals surface area contributed by atoms with Crippen LogP contribution in [0.15, 0.2) is 91.2 Å². The Balaban J connectivity index is 1.98. The van der Waals surface area contributed by atoms with Crippen molar-refractivity contribution >= 4 is 29.5 Å². The molecule has 0 atom stereocenters. The molecule has 0 spiro atoms. The second-order valence-corrected chi connectivity index (χ2v) is 9.29. The Morgan fingerprint density at radius 3 is 2.66 bits per heavy atom. The molecule has 0 radical (unpaired) electrons. The second kappa shape index (κ2) is 12.5. The Kier molecular flexibility index (Phi) is 9.16. The molecule has 1 amide bonds. The molecule has 0 fully saturated rings. The molecule has 0 aliphatic carbocycles. The number of hydrogen-bond acceptors (Lipinski definition) is 7. The summed E-state index contributed by atoms with van der Waals surface area (Å²) < 4.78 is 11.6. The highest BCUT2D eigenvalue weighted by Crippen LogP contribution is 2.30. The van der Waals surface area contributed by atoms with Crippen molar-refractivity contribution in [3.8, 4) is 17.1 Å². The number of benzene rings is 2. The van der Waals surface area contributed by atoms with Gasteiger partial charge in [-0.2, -0.15) is 0 Å². The average molecular weight is 512 g/mol. The lowest BCUT2D eigenvalue weighted by Crippen LogP contribution is -2.34. The van der Waals surface area contributed by atoms with Gasteiger partial charge in [-0.05, 0) is 69.7 Å². The van der Waals surface area contributed by atoms with Gasteiger partial charge in [0, 0.05) is 29.2 Å². The van der Waals surface area contributed by atoms with Crippen LogP contribution >= 0.6 is 0 Å². The lowest BCUT2D eigenvalue weighted by molar-refractivity contribution is 0.0598. The third kappa shape index (κ3) is 7.39. The van der Waals surface area contributed by atoms with E-state index in [9.17, 15) is 4.79 Å². The van der Waals surface area contributed by atoms with Crippen LogP contribution in [0.4, 0.5) is 22.0 Å². The third-order valence-corrected chi connectivity index (χ3v) is 5.25. The maximum absolute atomic E-state index is 13.3.